The summed E-state index contributed by atoms with van der Waals surface area (Å²) >= 11 is 6.03. The first-order valence-corrected chi connectivity index (χ1v) is 8.87. The number of carbonyl (C=O) groups excluding carboxylic acids is 1. The molecule has 0 atom stereocenters. The van der Waals surface area contributed by atoms with Crippen molar-refractivity contribution in [2.75, 3.05) is 0 Å². The van der Waals surface area contributed by atoms with Crippen molar-refractivity contribution in [3.63, 3.8) is 0 Å². The second kappa shape index (κ2) is 7.92. The Hall–Kier alpha value is -2.67. The van der Waals surface area contributed by atoms with Crippen LogP contribution < -0.4 is 10.9 Å². The van der Waals surface area contributed by atoms with Gasteiger partial charge in [-0.2, -0.15) is 5.10 Å². The van der Waals surface area contributed by atoms with Crippen LogP contribution >= 0.6 is 11.6 Å². The summed E-state index contributed by atoms with van der Waals surface area (Å²) in [6.45, 7) is 3.70. The molecule has 2 aromatic carbocycles. The molecule has 0 unspecified atom stereocenters. The van der Waals surface area contributed by atoms with Gasteiger partial charge in [0.25, 0.3) is 5.91 Å². The lowest BCUT2D eigenvalue weighted by molar-refractivity contribution is 0.0738. The molecule has 0 saturated heterocycles. The lowest BCUT2D eigenvalue weighted by Crippen LogP contribution is -2.37. The second-order valence-corrected chi connectivity index (χ2v) is 7.18. The Bertz CT molecular complexity index is 930. The summed E-state index contributed by atoms with van der Waals surface area (Å²) in [5.41, 5.74) is 8.21. The molecule has 27 heavy (non-hydrogen) atoms. The van der Waals surface area contributed by atoms with Crippen LogP contribution in [0.5, 0.6) is 0 Å². The number of aromatic amines is 1. The number of nitrogens with zero attached hydrogens (tertiary/aromatic N) is 1. The number of aromatic nitrogens is 2. The van der Waals surface area contributed by atoms with E-state index in [9.17, 15) is 9.90 Å². The Balaban J connectivity index is 1.54. The first kappa shape index (κ1) is 19.1. The third kappa shape index (κ3) is 4.95. The molecule has 0 aliphatic heterocycles. The molecule has 0 aliphatic carbocycles. The molecule has 3 rings (SSSR count). The van der Waals surface area contributed by atoms with Crippen molar-refractivity contribution >= 4 is 17.5 Å². The number of hydrogen-bond donors (Lipinski definition) is 4. The Morgan fingerprint density at radius 1 is 1.15 bits per heavy atom. The lowest BCUT2D eigenvalue weighted by atomic mass is 10.0. The van der Waals surface area contributed by atoms with Crippen LogP contribution in [0.3, 0.4) is 0 Å². The van der Waals surface area contributed by atoms with Gasteiger partial charge < -0.3 is 5.11 Å². The Morgan fingerprint density at radius 2 is 1.89 bits per heavy atom. The van der Waals surface area contributed by atoms with Crippen LogP contribution in [0.1, 0.15) is 35.6 Å². The van der Waals surface area contributed by atoms with Crippen molar-refractivity contribution in [1.29, 1.82) is 0 Å². The molecule has 6 nitrogen and oxygen atoms in total. The molecule has 0 radical (unpaired) electrons. The van der Waals surface area contributed by atoms with Crippen LogP contribution in [0.25, 0.3) is 11.1 Å². The topological polar surface area (TPSA) is 90.0 Å². The molecule has 0 bridgehead atoms. The number of nitrogens with one attached hydrogen (secondary N) is 3. The normalized spacial score (nSPS) is 11.4. The van der Waals surface area contributed by atoms with Crippen LogP contribution in [-0.2, 0) is 12.1 Å². The summed E-state index contributed by atoms with van der Waals surface area (Å²) in [7, 11) is 0. The minimum atomic E-state index is -1.08. The van der Waals surface area contributed by atoms with Gasteiger partial charge in [-0.3, -0.25) is 15.3 Å². The number of benzene rings is 2. The molecular formula is C20H21ClN4O2. The van der Waals surface area contributed by atoms with Crippen LogP contribution in [0.15, 0.2) is 54.6 Å². The summed E-state index contributed by atoms with van der Waals surface area (Å²) in [4.78, 5) is 12.1. The van der Waals surface area contributed by atoms with E-state index in [1.807, 2.05) is 48.5 Å². The summed E-state index contributed by atoms with van der Waals surface area (Å²) in [6.07, 6.45) is 0. The molecule has 140 valence electrons. The number of hydrazine groups is 1. The number of aliphatic hydroxyl groups is 1. The highest BCUT2D eigenvalue weighted by atomic mass is 35.5. The molecule has 3 aromatic rings. The Labute approximate surface area is 162 Å². The van der Waals surface area contributed by atoms with E-state index in [1.165, 1.54) is 6.07 Å². The molecule has 1 amide bonds. The Morgan fingerprint density at radius 3 is 2.52 bits per heavy atom. The molecule has 0 aliphatic rings. The van der Waals surface area contributed by atoms with E-state index in [0.717, 1.165) is 16.7 Å². The molecule has 0 spiro atoms. The van der Waals surface area contributed by atoms with Gasteiger partial charge in [0.05, 0.1) is 5.69 Å². The number of H-pyrrole nitrogens is 1. The quantitative estimate of drug-likeness (QED) is 0.490. The van der Waals surface area contributed by atoms with Gasteiger partial charge in [0.15, 0.2) is 5.69 Å². The van der Waals surface area contributed by atoms with Gasteiger partial charge in [0, 0.05) is 11.6 Å². The van der Waals surface area contributed by atoms with E-state index in [0.29, 0.717) is 17.3 Å². The van der Waals surface area contributed by atoms with Gasteiger partial charge >= 0.3 is 0 Å². The molecule has 0 fully saturated rings. The zero-order valence-electron chi connectivity index (χ0n) is 15.1. The van der Waals surface area contributed by atoms with Gasteiger partial charge in [-0.15, -0.1) is 0 Å². The third-order valence-electron chi connectivity index (χ3n) is 4.08. The van der Waals surface area contributed by atoms with Crippen molar-refractivity contribution in [2.24, 2.45) is 0 Å². The predicted molar refractivity (Wildman–Crippen MR) is 105 cm³/mol. The SMILES string of the molecule is CC(C)(O)c1cc(C(=O)NNCc2ccc(-c3cccc(Cl)c3)cc2)n[nH]1. The Kier molecular flexibility index (Phi) is 5.60. The first-order chi connectivity index (χ1) is 12.8. The zero-order valence-corrected chi connectivity index (χ0v) is 15.8. The van der Waals surface area contributed by atoms with E-state index in [-0.39, 0.29) is 11.6 Å². The van der Waals surface area contributed by atoms with E-state index in [4.69, 9.17) is 11.6 Å². The molecule has 1 heterocycles. The van der Waals surface area contributed by atoms with E-state index < -0.39 is 5.60 Å². The number of hydrogen-bond acceptors (Lipinski definition) is 4. The van der Waals surface area contributed by atoms with Crippen LogP contribution in [-0.4, -0.2) is 21.2 Å². The number of rotatable bonds is 6. The van der Waals surface area contributed by atoms with Crippen LogP contribution in [0.2, 0.25) is 5.02 Å². The van der Waals surface area contributed by atoms with Gasteiger partial charge in [-0.1, -0.05) is 48.0 Å². The largest absolute Gasteiger partial charge is 0.384 e. The highest BCUT2D eigenvalue weighted by Crippen LogP contribution is 2.23. The zero-order chi connectivity index (χ0) is 19.4. The standard InChI is InChI=1S/C20H21ClN4O2/c1-20(2,27)18-11-17(23-24-18)19(26)25-22-12-13-6-8-14(9-7-13)15-4-3-5-16(21)10-15/h3-11,22,27H,12H2,1-2H3,(H,23,24)(H,25,26). The van der Waals surface area contributed by atoms with Crippen molar-refractivity contribution in [3.8, 4) is 11.1 Å². The maximum Gasteiger partial charge on any atom is 0.285 e. The number of carbonyl (C=O) groups is 1. The number of halogens is 1. The first-order valence-electron chi connectivity index (χ1n) is 8.49. The number of amides is 1. The summed E-state index contributed by atoms with van der Waals surface area (Å²) in [6, 6.07) is 17.2. The van der Waals surface area contributed by atoms with Gasteiger partial charge in [0.1, 0.15) is 5.60 Å². The van der Waals surface area contributed by atoms with Crippen molar-refractivity contribution < 1.29 is 9.90 Å². The molecule has 1 aromatic heterocycles. The smallest absolute Gasteiger partial charge is 0.285 e. The minimum Gasteiger partial charge on any atom is -0.384 e. The highest BCUT2D eigenvalue weighted by Gasteiger charge is 2.20. The molecule has 0 saturated carbocycles. The van der Waals surface area contributed by atoms with E-state index in [2.05, 4.69) is 21.0 Å². The lowest BCUT2D eigenvalue weighted by Gasteiger charge is -2.13. The predicted octanol–water partition coefficient (Wildman–Crippen LogP) is 3.39. The highest BCUT2D eigenvalue weighted by molar-refractivity contribution is 6.30. The van der Waals surface area contributed by atoms with Crippen LogP contribution in [0.4, 0.5) is 0 Å². The maximum atomic E-state index is 12.1. The summed E-state index contributed by atoms with van der Waals surface area (Å²) < 4.78 is 0. The minimum absolute atomic E-state index is 0.205. The summed E-state index contributed by atoms with van der Waals surface area (Å²) in [5.74, 6) is -0.378. The maximum absolute atomic E-state index is 12.1. The average Bonchev–Trinajstić information content (AvgIpc) is 3.13. The fraction of sp³-hybridized carbons (Fsp3) is 0.200. The molecular weight excluding hydrogens is 364 g/mol. The van der Waals surface area contributed by atoms with Crippen LogP contribution in [0, 0.1) is 0 Å². The fourth-order valence-corrected chi connectivity index (χ4v) is 2.72. The third-order valence-corrected chi connectivity index (χ3v) is 4.31. The van der Waals surface area contributed by atoms with Crippen molar-refractivity contribution in [3.05, 3.63) is 76.6 Å². The monoisotopic (exact) mass is 384 g/mol. The van der Waals surface area contributed by atoms with Crippen molar-refractivity contribution in [1.82, 2.24) is 21.0 Å². The average molecular weight is 385 g/mol. The van der Waals surface area contributed by atoms with Gasteiger partial charge in [-0.25, -0.2) is 5.43 Å². The van der Waals surface area contributed by atoms with E-state index in [1.54, 1.807) is 13.8 Å². The summed E-state index contributed by atoms with van der Waals surface area (Å²) in [5, 5.41) is 17.2. The second-order valence-electron chi connectivity index (χ2n) is 6.74. The molecule has 4 N–H and O–H groups in total. The van der Waals surface area contributed by atoms with Crippen molar-refractivity contribution in [2.45, 2.75) is 26.0 Å². The molecule has 7 heteroatoms. The fourth-order valence-electron chi connectivity index (χ4n) is 2.53. The van der Waals surface area contributed by atoms with Gasteiger partial charge in [0.2, 0.25) is 0 Å². The van der Waals surface area contributed by atoms with Gasteiger partial charge in [-0.05, 0) is 48.7 Å². The van der Waals surface area contributed by atoms with E-state index >= 15 is 0 Å².